The minimum Gasteiger partial charge on any atom is -0.378 e. The van der Waals surface area contributed by atoms with Gasteiger partial charge in [-0.25, -0.2) is 4.79 Å². The highest BCUT2D eigenvalue weighted by Crippen LogP contribution is 2.29. The molecule has 0 unspecified atom stereocenters. The van der Waals surface area contributed by atoms with Crippen molar-refractivity contribution in [2.24, 2.45) is 0 Å². The molecule has 2 N–H and O–H groups in total. The number of methoxy groups -OCH3 is 1. The number of benzene rings is 1. The fourth-order valence-corrected chi connectivity index (χ4v) is 2.68. The predicted octanol–water partition coefficient (Wildman–Crippen LogP) is 2.93. The summed E-state index contributed by atoms with van der Waals surface area (Å²) in [5.41, 5.74) is -0.454. The Balaban J connectivity index is 1.93. The lowest BCUT2D eigenvalue weighted by atomic mass is 10.2. The standard InChI is InChI=1S/C16H22F3N3O2/c1-10(2)22-8-13(14(9-22)24-3)21-15(23)20-12-6-4-11(5-7-12)16(17,18)19/h4-7,10,13-14H,8-9H2,1-3H3,(H2,20,21,23)/t13-,14-/m0/s1. The van der Waals surface area contributed by atoms with Crippen LogP contribution >= 0.6 is 0 Å². The molecular formula is C16H22F3N3O2. The number of anilines is 1. The van der Waals surface area contributed by atoms with E-state index in [4.69, 9.17) is 4.74 Å². The molecule has 24 heavy (non-hydrogen) atoms. The van der Waals surface area contributed by atoms with Crippen molar-refractivity contribution in [1.29, 1.82) is 0 Å². The van der Waals surface area contributed by atoms with E-state index in [1.165, 1.54) is 12.1 Å². The van der Waals surface area contributed by atoms with E-state index in [0.717, 1.165) is 18.7 Å². The van der Waals surface area contributed by atoms with Crippen LogP contribution in [0.15, 0.2) is 24.3 Å². The lowest BCUT2D eigenvalue weighted by Gasteiger charge is -2.20. The van der Waals surface area contributed by atoms with Gasteiger partial charge in [-0.05, 0) is 38.1 Å². The van der Waals surface area contributed by atoms with Gasteiger partial charge in [0, 0.05) is 31.9 Å². The number of amides is 2. The number of nitrogens with one attached hydrogen (secondary N) is 2. The van der Waals surface area contributed by atoms with E-state index in [1.54, 1.807) is 7.11 Å². The van der Waals surface area contributed by atoms with Gasteiger partial charge >= 0.3 is 12.2 Å². The monoisotopic (exact) mass is 345 g/mol. The number of carbonyl (C=O) groups excluding carboxylic acids is 1. The van der Waals surface area contributed by atoms with Crippen LogP contribution in [0.5, 0.6) is 0 Å². The number of rotatable bonds is 4. The molecule has 0 aliphatic carbocycles. The van der Waals surface area contributed by atoms with Gasteiger partial charge in [0.05, 0.1) is 17.7 Å². The molecule has 2 rings (SSSR count). The van der Waals surface area contributed by atoms with Crippen molar-refractivity contribution in [3.63, 3.8) is 0 Å². The van der Waals surface area contributed by atoms with Gasteiger partial charge in [-0.15, -0.1) is 0 Å². The Morgan fingerprint density at radius 3 is 2.38 bits per heavy atom. The van der Waals surface area contributed by atoms with E-state index in [-0.39, 0.29) is 12.1 Å². The minimum atomic E-state index is -4.39. The normalized spacial score (nSPS) is 22.0. The summed E-state index contributed by atoms with van der Waals surface area (Å²) in [5, 5.41) is 5.36. The topological polar surface area (TPSA) is 53.6 Å². The van der Waals surface area contributed by atoms with Crippen LogP contribution in [-0.4, -0.2) is 49.3 Å². The summed E-state index contributed by atoms with van der Waals surface area (Å²) < 4.78 is 43.0. The third-order valence-electron chi connectivity index (χ3n) is 4.11. The predicted molar refractivity (Wildman–Crippen MR) is 84.9 cm³/mol. The lowest BCUT2D eigenvalue weighted by molar-refractivity contribution is -0.137. The molecule has 1 saturated heterocycles. The summed E-state index contributed by atoms with van der Waals surface area (Å²) in [7, 11) is 1.59. The highest BCUT2D eigenvalue weighted by atomic mass is 19.4. The average Bonchev–Trinajstić information content (AvgIpc) is 2.90. The first-order valence-corrected chi connectivity index (χ1v) is 7.72. The Morgan fingerprint density at radius 1 is 1.25 bits per heavy atom. The van der Waals surface area contributed by atoms with E-state index >= 15 is 0 Å². The summed E-state index contributed by atoms with van der Waals surface area (Å²) in [6.07, 6.45) is -4.51. The molecule has 2 atom stereocenters. The minimum absolute atomic E-state index is 0.120. The second kappa shape index (κ2) is 7.40. The second-order valence-electron chi connectivity index (χ2n) is 6.10. The molecule has 0 bridgehead atoms. The van der Waals surface area contributed by atoms with Crippen molar-refractivity contribution in [2.75, 3.05) is 25.5 Å². The summed E-state index contributed by atoms with van der Waals surface area (Å²) >= 11 is 0. The third-order valence-corrected chi connectivity index (χ3v) is 4.11. The average molecular weight is 345 g/mol. The maximum absolute atomic E-state index is 12.5. The number of alkyl halides is 3. The van der Waals surface area contributed by atoms with Crippen LogP contribution < -0.4 is 10.6 Å². The molecule has 1 aliphatic rings. The molecule has 0 spiro atoms. The van der Waals surface area contributed by atoms with Crippen molar-refractivity contribution in [2.45, 2.75) is 38.2 Å². The number of hydrogen-bond donors (Lipinski definition) is 2. The molecule has 1 aromatic carbocycles. The number of ether oxygens (including phenoxy) is 1. The lowest BCUT2D eigenvalue weighted by Crippen LogP contribution is -2.45. The maximum Gasteiger partial charge on any atom is 0.416 e. The Kier molecular flexibility index (Phi) is 5.71. The molecule has 1 heterocycles. The van der Waals surface area contributed by atoms with Crippen LogP contribution in [0, 0.1) is 0 Å². The molecule has 134 valence electrons. The van der Waals surface area contributed by atoms with Gasteiger partial charge in [0.15, 0.2) is 0 Å². The Bertz CT molecular complexity index is 561. The zero-order valence-corrected chi connectivity index (χ0v) is 13.9. The van der Waals surface area contributed by atoms with Crippen LogP contribution in [0.3, 0.4) is 0 Å². The van der Waals surface area contributed by atoms with E-state index < -0.39 is 17.8 Å². The van der Waals surface area contributed by atoms with Crippen LogP contribution in [0.4, 0.5) is 23.7 Å². The number of hydrogen-bond acceptors (Lipinski definition) is 3. The van der Waals surface area contributed by atoms with Crippen LogP contribution in [0.25, 0.3) is 0 Å². The highest BCUT2D eigenvalue weighted by Gasteiger charge is 2.35. The summed E-state index contributed by atoms with van der Waals surface area (Å²) in [5.74, 6) is 0. The molecule has 2 amide bonds. The summed E-state index contributed by atoms with van der Waals surface area (Å²) in [6, 6.07) is 4.02. The molecule has 0 saturated carbocycles. The first-order chi connectivity index (χ1) is 11.2. The molecule has 8 heteroatoms. The molecule has 1 aliphatic heterocycles. The smallest absolute Gasteiger partial charge is 0.378 e. The molecule has 1 fully saturated rings. The third kappa shape index (κ3) is 4.61. The Morgan fingerprint density at radius 2 is 1.88 bits per heavy atom. The van der Waals surface area contributed by atoms with Gasteiger partial charge in [0.2, 0.25) is 0 Å². The van der Waals surface area contributed by atoms with Crippen molar-refractivity contribution in [1.82, 2.24) is 10.2 Å². The number of urea groups is 1. The van der Waals surface area contributed by atoms with Crippen LogP contribution in [0.2, 0.25) is 0 Å². The molecular weight excluding hydrogens is 323 g/mol. The van der Waals surface area contributed by atoms with E-state index in [9.17, 15) is 18.0 Å². The first-order valence-electron chi connectivity index (χ1n) is 7.72. The number of halogens is 3. The molecule has 0 radical (unpaired) electrons. The van der Waals surface area contributed by atoms with Gasteiger partial charge in [0.25, 0.3) is 0 Å². The zero-order valence-electron chi connectivity index (χ0n) is 13.9. The fourth-order valence-electron chi connectivity index (χ4n) is 2.68. The van der Waals surface area contributed by atoms with Crippen molar-refractivity contribution >= 4 is 11.7 Å². The quantitative estimate of drug-likeness (QED) is 0.882. The van der Waals surface area contributed by atoms with Crippen LogP contribution in [-0.2, 0) is 10.9 Å². The van der Waals surface area contributed by atoms with Crippen LogP contribution in [0.1, 0.15) is 19.4 Å². The van der Waals surface area contributed by atoms with Gasteiger partial charge < -0.3 is 15.4 Å². The van der Waals surface area contributed by atoms with E-state index in [0.29, 0.717) is 18.3 Å². The number of likely N-dealkylation sites (tertiary alicyclic amines) is 1. The van der Waals surface area contributed by atoms with Crippen molar-refractivity contribution in [3.05, 3.63) is 29.8 Å². The molecule has 5 nitrogen and oxygen atoms in total. The summed E-state index contributed by atoms with van der Waals surface area (Å²) in [6.45, 7) is 5.52. The number of nitrogens with zero attached hydrogens (tertiary/aromatic N) is 1. The van der Waals surface area contributed by atoms with Crippen molar-refractivity contribution in [3.8, 4) is 0 Å². The van der Waals surface area contributed by atoms with Crippen molar-refractivity contribution < 1.29 is 22.7 Å². The second-order valence-corrected chi connectivity index (χ2v) is 6.10. The first kappa shape index (κ1) is 18.5. The zero-order chi connectivity index (χ0) is 17.9. The van der Waals surface area contributed by atoms with E-state index in [2.05, 4.69) is 29.4 Å². The van der Waals surface area contributed by atoms with Gasteiger partial charge in [-0.3, -0.25) is 4.90 Å². The Labute approximate surface area is 139 Å². The maximum atomic E-state index is 12.5. The Hall–Kier alpha value is -1.80. The molecule has 1 aromatic rings. The van der Waals surface area contributed by atoms with E-state index in [1.807, 2.05) is 0 Å². The molecule has 0 aromatic heterocycles. The number of carbonyl (C=O) groups is 1. The fraction of sp³-hybridized carbons (Fsp3) is 0.562. The summed E-state index contributed by atoms with van der Waals surface area (Å²) in [4.78, 5) is 14.3. The largest absolute Gasteiger partial charge is 0.416 e. The van der Waals surface area contributed by atoms with Gasteiger partial charge in [-0.2, -0.15) is 13.2 Å². The van der Waals surface area contributed by atoms with Gasteiger partial charge in [0.1, 0.15) is 0 Å². The van der Waals surface area contributed by atoms with Gasteiger partial charge in [-0.1, -0.05) is 0 Å². The highest BCUT2D eigenvalue weighted by molar-refractivity contribution is 5.89. The SMILES string of the molecule is CO[C@H]1CN(C(C)C)C[C@@H]1NC(=O)Nc1ccc(C(F)(F)F)cc1.